The van der Waals surface area contributed by atoms with E-state index in [0.29, 0.717) is 64.3 Å². The molecule has 2 atom stereocenters. The summed E-state index contributed by atoms with van der Waals surface area (Å²) in [7, 11) is 0. The molecule has 3 N–H and O–H groups in total. The number of aromatic amines is 1. The third-order valence-electron chi connectivity index (χ3n) is 6.85. The maximum atomic E-state index is 13.6. The highest BCUT2D eigenvalue weighted by atomic mass is 35.5. The predicted molar refractivity (Wildman–Crippen MR) is 135 cm³/mol. The third-order valence-corrected chi connectivity index (χ3v) is 7.17. The fourth-order valence-electron chi connectivity index (χ4n) is 5.03. The molecule has 9 heteroatoms. The molecule has 3 heterocycles. The number of hydrogen-bond acceptors (Lipinski definition) is 6. The molecule has 1 saturated carbocycles. The number of para-hydroxylation sites is 1. The largest absolute Gasteiger partial charge is 0.457 e. The number of amides is 1. The van der Waals surface area contributed by atoms with E-state index in [4.69, 9.17) is 16.3 Å². The molecular weight excluding hydrogens is 478 g/mol. The van der Waals surface area contributed by atoms with E-state index in [9.17, 15) is 14.9 Å². The number of hydrogen-bond donors (Lipinski definition) is 3. The van der Waals surface area contributed by atoms with Gasteiger partial charge in [0.2, 0.25) is 5.91 Å². The molecule has 6 rings (SSSR count). The number of nitrogens with zero attached hydrogens (tertiary/aromatic N) is 2. The lowest BCUT2D eigenvalue weighted by Gasteiger charge is -2.36. The number of fused-ring (bicyclic) bond motifs is 3. The lowest BCUT2D eigenvalue weighted by molar-refractivity contribution is -0.120. The maximum absolute atomic E-state index is 13.6. The molecule has 178 valence electrons. The molecular formula is C27H20ClN5O3. The Kier molecular flexibility index (Phi) is 5.16. The number of pyridine rings is 1. The molecule has 0 saturated heterocycles. The molecule has 36 heavy (non-hydrogen) atoms. The van der Waals surface area contributed by atoms with E-state index in [0.717, 1.165) is 0 Å². The average Bonchev–Trinajstić information content (AvgIpc) is 3.51. The zero-order valence-electron chi connectivity index (χ0n) is 19.0. The normalized spacial score (nSPS) is 20.4. The molecule has 1 aliphatic carbocycles. The van der Waals surface area contributed by atoms with Gasteiger partial charge in [-0.25, -0.2) is 4.98 Å². The molecule has 4 aromatic rings. The van der Waals surface area contributed by atoms with E-state index in [2.05, 4.69) is 26.7 Å². The highest BCUT2D eigenvalue weighted by molar-refractivity contribution is 6.36. The summed E-state index contributed by atoms with van der Waals surface area (Å²) in [6.07, 6.45) is 4.72. The van der Waals surface area contributed by atoms with E-state index < -0.39 is 5.54 Å². The van der Waals surface area contributed by atoms with Gasteiger partial charge in [0.1, 0.15) is 22.7 Å². The van der Waals surface area contributed by atoms with Crippen molar-refractivity contribution in [2.24, 2.45) is 5.92 Å². The molecule has 1 amide bonds. The van der Waals surface area contributed by atoms with E-state index in [1.54, 1.807) is 30.6 Å². The fourth-order valence-corrected chi connectivity index (χ4v) is 5.28. The zero-order chi connectivity index (χ0) is 24.9. The second kappa shape index (κ2) is 8.40. The molecule has 0 bridgehead atoms. The van der Waals surface area contributed by atoms with Crippen molar-refractivity contribution in [3.05, 3.63) is 77.1 Å². The lowest BCUT2D eigenvalue weighted by atomic mass is 9.91. The summed E-state index contributed by atoms with van der Waals surface area (Å²) in [6.45, 7) is 0. The third kappa shape index (κ3) is 3.56. The van der Waals surface area contributed by atoms with Crippen LogP contribution in [0.1, 0.15) is 35.2 Å². The second-order valence-electron chi connectivity index (χ2n) is 9.09. The van der Waals surface area contributed by atoms with Crippen LogP contribution in [-0.2, 0) is 4.79 Å². The Hall–Kier alpha value is -4.35. The molecule has 1 aliphatic heterocycles. The number of benzene rings is 2. The van der Waals surface area contributed by atoms with Crippen LogP contribution >= 0.6 is 11.6 Å². The van der Waals surface area contributed by atoms with Gasteiger partial charge in [-0.3, -0.25) is 9.59 Å². The van der Waals surface area contributed by atoms with Crippen LogP contribution in [0.25, 0.3) is 11.0 Å². The molecule has 0 unspecified atom stereocenters. The van der Waals surface area contributed by atoms with E-state index in [1.807, 2.05) is 30.3 Å². The molecule has 1 spiro atoms. The van der Waals surface area contributed by atoms with E-state index in [1.165, 1.54) is 0 Å². The first kappa shape index (κ1) is 22.1. The van der Waals surface area contributed by atoms with Gasteiger partial charge in [-0.05, 0) is 43.5 Å². The van der Waals surface area contributed by atoms with E-state index in [-0.39, 0.29) is 22.6 Å². The Balaban J connectivity index is 1.37. The number of nitrogens with one attached hydrogen (secondary N) is 3. The molecule has 2 aromatic carbocycles. The Morgan fingerprint density at radius 3 is 2.75 bits per heavy atom. The minimum atomic E-state index is -0.895. The Bertz CT molecular complexity index is 1580. The minimum Gasteiger partial charge on any atom is -0.457 e. The number of carbonyl (C=O) groups is 2. The molecule has 8 nitrogen and oxygen atoms in total. The van der Waals surface area contributed by atoms with Crippen LogP contribution in [0.3, 0.4) is 0 Å². The van der Waals surface area contributed by atoms with Gasteiger partial charge < -0.3 is 20.4 Å². The summed E-state index contributed by atoms with van der Waals surface area (Å²) in [5.41, 5.74) is 1.41. The van der Waals surface area contributed by atoms with Crippen molar-refractivity contribution in [3.63, 3.8) is 0 Å². The molecule has 1 fully saturated rings. The Labute approximate surface area is 211 Å². The van der Waals surface area contributed by atoms with Gasteiger partial charge in [-0.1, -0.05) is 29.8 Å². The van der Waals surface area contributed by atoms with Crippen molar-refractivity contribution < 1.29 is 14.3 Å². The standard InChI is InChI=1S/C27H20ClN5O3/c28-20-10-17(36-16-4-2-1-3-5-16)6-7-18(20)24(34)19-13-30-25-22(19)23-21(14-31-25)32-26(35)27(33-23)9-8-15(11-27)12-29/h1-7,10,13-15,33H,8-9,11H2,(H,30,31)(H,32,35)/t15-,27+/m1/s1. The van der Waals surface area contributed by atoms with Gasteiger partial charge in [-0.2, -0.15) is 5.26 Å². The van der Waals surface area contributed by atoms with Crippen LogP contribution < -0.4 is 15.4 Å². The fraction of sp³-hybridized carbons (Fsp3) is 0.185. The maximum Gasteiger partial charge on any atom is 0.250 e. The number of halogens is 1. The van der Waals surface area contributed by atoms with Gasteiger partial charge in [0.15, 0.2) is 5.78 Å². The second-order valence-corrected chi connectivity index (χ2v) is 9.50. The Morgan fingerprint density at radius 1 is 1.17 bits per heavy atom. The number of H-pyrrole nitrogens is 1. The summed E-state index contributed by atoms with van der Waals surface area (Å²) >= 11 is 6.52. The summed E-state index contributed by atoms with van der Waals surface area (Å²) in [5, 5.41) is 16.5. The van der Waals surface area contributed by atoms with Crippen molar-refractivity contribution >= 4 is 45.7 Å². The minimum absolute atomic E-state index is 0.186. The van der Waals surface area contributed by atoms with Gasteiger partial charge in [0.25, 0.3) is 0 Å². The van der Waals surface area contributed by atoms with Crippen molar-refractivity contribution in [1.29, 1.82) is 5.26 Å². The number of carbonyl (C=O) groups excluding carboxylic acids is 2. The van der Waals surface area contributed by atoms with Gasteiger partial charge in [-0.15, -0.1) is 0 Å². The molecule has 2 aromatic heterocycles. The monoisotopic (exact) mass is 497 g/mol. The predicted octanol–water partition coefficient (Wildman–Crippen LogP) is 5.67. The first-order valence-corrected chi connectivity index (χ1v) is 11.9. The highest BCUT2D eigenvalue weighted by Gasteiger charge is 2.48. The van der Waals surface area contributed by atoms with Crippen LogP contribution in [0.15, 0.2) is 60.9 Å². The summed E-state index contributed by atoms with van der Waals surface area (Å²) in [5.74, 6) is 0.496. The van der Waals surface area contributed by atoms with Crippen molar-refractivity contribution in [3.8, 4) is 17.6 Å². The lowest BCUT2D eigenvalue weighted by Crippen LogP contribution is -2.50. The van der Waals surface area contributed by atoms with Crippen molar-refractivity contribution in [2.45, 2.75) is 24.8 Å². The summed E-state index contributed by atoms with van der Waals surface area (Å²) in [6, 6.07) is 16.5. The first-order valence-electron chi connectivity index (χ1n) is 11.5. The average molecular weight is 498 g/mol. The quantitative estimate of drug-likeness (QED) is 0.313. The number of ether oxygens (including phenoxy) is 1. The summed E-state index contributed by atoms with van der Waals surface area (Å²) in [4.78, 5) is 34.0. The number of rotatable bonds is 4. The van der Waals surface area contributed by atoms with Crippen LogP contribution in [0.4, 0.5) is 11.4 Å². The topological polar surface area (TPSA) is 120 Å². The van der Waals surface area contributed by atoms with Gasteiger partial charge >= 0.3 is 0 Å². The molecule has 2 aliphatic rings. The number of nitriles is 1. The van der Waals surface area contributed by atoms with Crippen LogP contribution in [0, 0.1) is 17.2 Å². The first-order chi connectivity index (χ1) is 17.5. The number of aromatic nitrogens is 2. The summed E-state index contributed by atoms with van der Waals surface area (Å²) < 4.78 is 5.83. The Morgan fingerprint density at radius 2 is 2.00 bits per heavy atom. The number of anilines is 2. The molecule has 0 radical (unpaired) electrons. The van der Waals surface area contributed by atoms with Crippen LogP contribution in [-0.4, -0.2) is 27.2 Å². The number of ketones is 1. The van der Waals surface area contributed by atoms with Gasteiger partial charge in [0.05, 0.1) is 39.6 Å². The zero-order valence-corrected chi connectivity index (χ0v) is 19.7. The van der Waals surface area contributed by atoms with Crippen molar-refractivity contribution in [2.75, 3.05) is 10.6 Å². The SMILES string of the molecule is N#C[C@@H]1CC[C@@]2(C1)Nc1c(cnc3[nH]cc(C(=O)c4ccc(Oc5ccccc5)cc4Cl)c13)NC2=O. The van der Waals surface area contributed by atoms with Crippen LogP contribution in [0.5, 0.6) is 11.5 Å². The van der Waals surface area contributed by atoms with Crippen LogP contribution in [0.2, 0.25) is 5.02 Å². The smallest absolute Gasteiger partial charge is 0.250 e. The van der Waals surface area contributed by atoms with E-state index >= 15 is 0 Å². The van der Waals surface area contributed by atoms with Gasteiger partial charge in [0, 0.05) is 23.7 Å². The highest BCUT2D eigenvalue weighted by Crippen LogP contribution is 2.45. The van der Waals surface area contributed by atoms with Crippen molar-refractivity contribution in [1.82, 2.24) is 9.97 Å².